The van der Waals surface area contributed by atoms with Crippen molar-refractivity contribution in [3.8, 4) is 5.69 Å². The normalized spacial score (nSPS) is 12.1. The monoisotopic (exact) mass is 273 g/mol. The van der Waals surface area contributed by atoms with Crippen LogP contribution >= 0.6 is 0 Å². The molecule has 1 atom stereocenters. The molecule has 2 rings (SSSR count). The SMILES string of the molecule is CC(CN)CCC(=O)Nc1ccc(-n2cncn2)cc1. The molecule has 6 nitrogen and oxygen atoms in total. The first-order chi connectivity index (χ1) is 9.69. The van der Waals surface area contributed by atoms with Crippen molar-refractivity contribution in [2.45, 2.75) is 19.8 Å². The van der Waals surface area contributed by atoms with Gasteiger partial charge in [0.15, 0.2) is 0 Å². The first kappa shape index (κ1) is 14.2. The van der Waals surface area contributed by atoms with E-state index in [1.807, 2.05) is 31.2 Å². The van der Waals surface area contributed by atoms with Crippen molar-refractivity contribution in [3.63, 3.8) is 0 Å². The summed E-state index contributed by atoms with van der Waals surface area (Å²) < 4.78 is 1.66. The summed E-state index contributed by atoms with van der Waals surface area (Å²) >= 11 is 0. The summed E-state index contributed by atoms with van der Waals surface area (Å²) in [6.07, 6.45) is 4.40. The van der Waals surface area contributed by atoms with E-state index < -0.39 is 0 Å². The smallest absolute Gasteiger partial charge is 0.224 e. The Morgan fingerprint density at radius 3 is 2.75 bits per heavy atom. The van der Waals surface area contributed by atoms with Crippen LogP contribution in [-0.4, -0.2) is 27.2 Å². The second kappa shape index (κ2) is 6.81. The first-order valence-electron chi connectivity index (χ1n) is 6.64. The van der Waals surface area contributed by atoms with E-state index in [4.69, 9.17) is 5.73 Å². The number of amides is 1. The van der Waals surface area contributed by atoms with Crippen molar-refractivity contribution in [1.29, 1.82) is 0 Å². The maximum absolute atomic E-state index is 11.8. The minimum absolute atomic E-state index is 0.0128. The molecule has 0 saturated carbocycles. The third-order valence-electron chi connectivity index (χ3n) is 3.10. The van der Waals surface area contributed by atoms with Gasteiger partial charge in [-0.25, -0.2) is 9.67 Å². The molecule has 1 aromatic heterocycles. The summed E-state index contributed by atoms with van der Waals surface area (Å²) in [4.78, 5) is 15.7. The summed E-state index contributed by atoms with van der Waals surface area (Å²) in [5.41, 5.74) is 7.21. The van der Waals surface area contributed by atoms with E-state index in [1.165, 1.54) is 6.33 Å². The molecule has 0 saturated heterocycles. The lowest BCUT2D eigenvalue weighted by molar-refractivity contribution is -0.116. The lowest BCUT2D eigenvalue weighted by Gasteiger charge is -2.09. The van der Waals surface area contributed by atoms with Crippen molar-refractivity contribution in [1.82, 2.24) is 14.8 Å². The van der Waals surface area contributed by atoms with E-state index in [2.05, 4.69) is 15.4 Å². The molecule has 20 heavy (non-hydrogen) atoms. The fraction of sp³-hybridized carbons (Fsp3) is 0.357. The predicted molar refractivity (Wildman–Crippen MR) is 77.4 cm³/mol. The number of carbonyl (C=O) groups excluding carboxylic acids is 1. The number of nitrogens with zero attached hydrogens (tertiary/aromatic N) is 3. The minimum atomic E-state index is 0.0128. The number of hydrogen-bond donors (Lipinski definition) is 2. The number of aromatic nitrogens is 3. The fourth-order valence-corrected chi connectivity index (χ4v) is 1.76. The molecule has 0 fully saturated rings. The van der Waals surface area contributed by atoms with Gasteiger partial charge >= 0.3 is 0 Å². The Labute approximate surface area is 118 Å². The third kappa shape index (κ3) is 3.89. The summed E-state index contributed by atoms with van der Waals surface area (Å²) in [5.74, 6) is 0.384. The van der Waals surface area contributed by atoms with Gasteiger partial charge < -0.3 is 11.1 Å². The van der Waals surface area contributed by atoms with Gasteiger partial charge in [-0.1, -0.05) is 6.92 Å². The van der Waals surface area contributed by atoms with Crippen molar-refractivity contribution in [3.05, 3.63) is 36.9 Å². The standard InChI is InChI=1S/C14H19N5O/c1-11(8-15)2-7-14(20)18-12-3-5-13(6-4-12)19-10-16-9-17-19/h3-6,9-11H,2,7-8,15H2,1H3,(H,18,20). The zero-order chi connectivity index (χ0) is 14.4. The molecule has 6 heteroatoms. The molecule has 106 valence electrons. The molecule has 1 heterocycles. The van der Waals surface area contributed by atoms with Gasteiger partial charge in [0, 0.05) is 12.1 Å². The molecule has 0 radical (unpaired) electrons. The summed E-state index contributed by atoms with van der Waals surface area (Å²) in [5, 5.41) is 6.91. The average Bonchev–Trinajstić information content (AvgIpc) is 2.99. The van der Waals surface area contributed by atoms with Crippen molar-refractivity contribution >= 4 is 11.6 Å². The molecule has 3 N–H and O–H groups in total. The minimum Gasteiger partial charge on any atom is -0.330 e. The van der Waals surface area contributed by atoms with Gasteiger partial charge in [0.05, 0.1) is 5.69 Å². The van der Waals surface area contributed by atoms with Crippen molar-refractivity contribution < 1.29 is 4.79 Å². The Morgan fingerprint density at radius 1 is 1.40 bits per heavy atom. The largest absolute Gasteiger partial charge is 0.330 e. The second-order valence-electron chi connectivity index (χ2n) is 4.81. The quantitative estimate of drug-likeness (QED) is 0.836. The van der Waals surface area contributed by atoms with Gasteiger partial charge in [0.2, 0.25) is 5.91 Å². The molecule has 2 aromatic rings. The summed E-state index contributed by atoms with van der Waals surface area (Å²) in [6, 6.07) is 7.46. The topological polar surface area (TPSA) is 85.8 Å². The molecule has 0 spiro atoms. The van der Waals surface area contributed by atoms with Crippen molar-refractivity contribution in [2.24, 2.45) is 11.7 Å². The lowest BCUT2D eigenvalue weighted by atomic mass is 10.1. The first-order valence-corrected chi connectivity index (χ1v) is 6.64. The van der Waals surface area contributed by atoms with Gasteiger partial charge in [0.25, 0.3) is 0 Å². The highest BCUT2D eigenvalue weighted by atomic mass is 16.1. The third-order valence-corrected chi connectivity index (χ3v) is 3.10. The summed E-state index contributed by atoms with van der Waals surface area (Å²) in [7, 11) is 0. The lowest BCUT2D eigenvalue weighted by Crippen LogP contribution is -2.16. The molecule has 1 amide bonds. The van der Waals surface area contributed by atoms with Crippen LogP contribution in [0.4, 0.5) is 5.69 Å². The van der Waals surface area contributed by atoms with E-state index >= 15 is 0 Å². The molecular weight excluding hydrogens is 254 g/mol. The molecule has 0 aliphatic heterocycles. The van der Waals surface area contributed by atoms with Crippen LogP contribution < -0.4 is 11.1 Å². The van der Waals surface area contributed by atoms with Gasteiger partial charge in [-0.2, -0.15) is 5.10 Å². The maximum atomic E-state index is 11.8. The Bertz CT molecular complexity index is 535. The molecular formula is C14H19N5O. The van der Waals surface area contributed by atoms with Crippen LogP contribution in [0.3, 0.4) is 0 Å². The van der Waals surface area contributed by atoms with Crippen LogP contribution in [0.5, 0.6) is 0 Å². The number of anilines is 1. The Morgan fingerprint density at radius 2 is 2.15 bits per heavy atom. The average molecular weight is 273 g/mol. The predicted octanol–water partition coefficient (Wildman–Crippen LogP) is 1.58. The highest BCUT2D eigenvalue weighted by Gasteiger charge is 2.06. The zero-order valence-electron chi connectivity index (χ0n) is 11.5. The zero-order valence-corrected chi connectivity index (χ0v) is 11.5. The van der Waals surface area contributed by atoms with Gasteiger partial charge in [0.1, 0.15) is 12.7 Å². The van der Waals surface area contributed by atoms with Gasteiger partial charge in [-0.15, -0.1) is 0 Å². The van der Waals surface area contributed by atoms with Crippen LogP contribution in [0.15, 0.2) is 36.9 Å². The van der Waals surface area contributed by atoms with E-state index in [9.17, 15) is 4.79 Å². The van der Waals surface area contributed by atoms with E-state index in [1.54, 1.807) is 11.0 Å². The van der Waals surface area contributed by atoms with Crippen LogP contribution in [0.2, 0.25) is 0 Å². The Hall–Kier alpha value is -2.21. The maximum Gasteiger partial charge on any atom is 0.224 e. The van der Waals surface area contributed by atoms with Gasteiger partial charge in [-0.3, -0.25) is 4.79 Å². The number of rotatable bonds is 6. The van der Waals surface area contributed by atoms with Crippen LogP contribution in [0.1, 0.15) is 19.8 Å². The Kier molecular flexibility index (Phi) is 4.84. The second-order valence-corrected chi connectivity index (χ2v) is 4.81. The van der Waals surface area contributed by atoms with Crippen LogP contribution in [0.25, 0.3) is 5.69 Å². The highest BCUT2D eigenvalue weighted by Crippen LogP contribution is 2.13. The Balaban J connectivity index is 1.89. The van der Waals surface area contributed by atoms with Gasteiger partial charge in [-0.05, 0) is 43.1 Å². The van der Waals surface area contributed by atoms with E-state index in [0.29, 0.717) is 18.9 Å². The molecule has 1 unspecified atom stereocenters. The number of carbonyl (C=O) groups is 1. The molecule has 0 aliphatic rings. The molecule has 0 bridgehead atoms. The van der Waals surface area contributed by atoms with E-state index in [-0.39, 0.29) is 5.91 Å². The van der Waals surface area contributed by atoms with Crippen LogP contribution in [-0.2, 0) is 4.79 Å². The van der Waals surface area contributed by atoms with E-state index in [0.717, 1.165) is 17.8 Å². The summed E-state index contributed by atoms with van der Waals surface area (Å²) in [6.45, 7) is 2.65. The van der Waals surface area contributed by atoms with Crippen LogP contribution in [0, 0.1) is 5.92 Å². The molecule has 0 aliphatic carbocycles. The number of benzene rings is 1. The highest BCUT2D eigenvalue weighted by molar-refractivity contribution is 5.90. The number of hydrogen-bond acceptors (Lipinski definition) is 4. The van der Waals surface area contributed by atoms with Crippen molar-refractivity contribution in [2.75, 3.05) is 11.9 Å². The molecule has 1 aromatic carbocycles. The number of nitrogens with one attached hydrogen (secondary N) is 1. The fourth-order valence-electron chi connectivity index (χ4n) is 1.76. The number of nitrogens with two attached hydrogens (primary N) is 1.